The Kier molecular flexibility index (Phi) is 3.63. The number of aromatic nitrogens is 2. The van der Waals surface area contributed by atoms with E-state index in [1.165, 1.54) is 13.4 Å². The Morgan fingerprint density at radius 3 is 2.78 bits per heavy atom. The van der Waals surface area contributed by atoms with Crippen molar-refractivity contribution in [2.75, 3.05) is 17.9 Å². The van der Waals surface area contributed by atoms with E-state index < -0.39 is 0 Å². The van der Waals surface area contributed by atoms with Gasteiger partial charge in [-0.3, -0.25) is 0 Å². The van der Waals surface area contributed by atoms with Crippen molar-refractivity contribution in [2.45, 2.75) is 13.0 Å². The highest BCUT2D eigenvalue weighted by Crippen LogP contribution is 2.30. The lowest BCUT2D eigenvalue weighted by molar-refractivity contribution is 0.413. The van der Waals surface area contributed by atoms with E-state index in [0.29, 0.717) is 17.4 Å². The molecule has 7 nitrogen and oxygen atoms in total. The van der Waals surface area contributed by atoms with Gasteiger partial charge in [0.25, 0.3) is 0 Å². The molecule has 1 atom stereocenters. The molecule has 2 rings (SSSR count). The van der Waals surface area contributed by atoms with Gasteiger partial charge in [0, 0.05) is 0 Å². The van der Waals surface area contributed by atoms with Crippen molar-refractivity contribution in [1.82, 2.24) is 9.97 Å². The molecule has 0 amide bonds. The third-order valence-corrected chi connectivity index (χ3v) is 2.47. The van der Waals surface area contributed by atoms with Crippen LogP contribution in [0, 0.1) is 0 Å². The summed E-state index contributed by atoms with van der Waals surface area (Å²) in [5, 5.41) is 3.17. The van der Waals surface area contributed by atoms with Gasteiger partial charge in [0.1, 0.15) is 12.1 Å². The standard InChI is InChI=1S/C11H15N5O2/c1-7(8-4-3-5-18-8)15-10-9(17-2)11(16-12)14-6-13-10/h3-7H,12H2,1-2H3,(H2,13,14,15,16). The van der Waals surface area contributed by atoms with Crippen LogP contribution in [-0.2, 0) is 0 Å². The number of nitrogens with zero attached hydrogens (tertiary/aromatic N) is 2. The zero-order valence-corrected chi connectivity index (χ0v) is 10.2. The lowest BCUT2D eigenvalue weighted by Crippen LogP contribution is -2.13. The highest BCUT2D eigenvalue weighted by atomic mass is 16.5. The number of rotatable bonds is 5. The first-order valence-electron chi connectivity index (χ1n) is 5.41. The van der Waals surface area contributed by atoms with Gasteiger partial charge in [-0.25, -0.2) is 15.8 Å². The van der Waals surface area contributed by atoms with Crippen LogP contribution >= 0.6 is 0 Å². The largest absolute Gasteiger partial charge is 0.490 e. The topological polar surface area (TPSA) is 98.2 Å². The molecule has 4 N–H and O–H groups in total. The fraction of sp³-hybridized carbons (Fsp3) is 0.273. The lowest BCUT2D eigenvalue weighted by atomic mass is 10.2. The van der Waals surface area contributed by atoms with E-state index in [1.807, 2.05) is 19.1 Å². The van der Waals surface area contributed by atoms with Crippen LogP contribution in [0.3, 0.4) is 0 Å². The minimum Gasteiger partial charge on any atom is -0.490 e. The van der Waals surface area contributed by atoms with E-state index in [4.69, 9.17) is 15.0 Å². The van der Waals surface area contributed by atoms with E-state index in [0.717, 1.165) is 5.76 Å². The van der Waals surface area contributed by atoms with Gasteiger partial charge in [-0.05, 0) is 19.1 Å². The van der Waals surface area contributed by atoms with Gasteiger partial charge < -0.3 is 19.9 Å². The molecular formula is C11H15N5O2. The van der Waals surface area contributed by atoms with Gasteiger partial charge in [0.15, 0.2) is 11.6 Å². The zero-order valence-electron chi connectivity index (χ0n) is 10.2. The van der Waals surface area contributed by atoms with Crippen molar-refractivity contribution in [3.8, 4) is 5.75 Å². The van der Waals surface area contributed by atoms with Crippen molar-refractivity contribution in [2.24, 2.45) is 5.84 Å². The summed E-state index contributed by atoms with van der Waals surface area (Å²) in [6, 6.07) is 3.67. The second kappa shape index (κ2) is 5.37. The smallest absolute Gasteiger partial charge is 0.205 e. The molecular weight excluding hydrogens is 234 g/mol. The molecule has 96 valence electrons. The first kappa shape index (κ1) is 12.2. The van der Waals surface area contributed by atoms with Crippen molar-refractivity contribution in [3.05, 3.63) is 30.5 Å². The minimum absolute atomic E-state index is 0.0468. The summed E-state index contributed by atoms with van der Waals surface area (Å²) in [6.45, 7) is 1.95. The van der Waals surface area contributed by atoms with E-state index in [2.05, 4.69) is 20.7 Å². The maximum Gasteiger partial charge on any atom is 0.205 e. The number of nitrogens with one attached hydrogen (secondary N) is 2. The molecule has 0 spiro atoms. The first-order chi connectivity index (χ1) is 8.76. The predicted molar refractivity (Wildman–Crippen MR) is 67.1 cm³/mol. The zero-order chi connectivity index (χ0) is 13.0. The van der Waals surface area contributed by atoms with E-state index >= 15 is 0 Å². The van der Waals surface area contributed by atoms with E-state index in [9.17, 15) is 0 Å². The molecule has 2 heterocycles. The van der Waals surface area contributed by atoms with E-state index in [1.54, 1.807) is 6.26 Å². The van der Waals surface area contributed by atoms with E-state index in [-0.39, 0.29) is 6.04 Å². The maximum absolute atomic E-state index is 5.35. The molecule has 0 radical (unpaired) electrons. The van der Waals surface area contributed by atoms with Crippen LogP contribution in [0.25, 0.3) is 0 Å². The molecule has 2 aromatic heterocycles. The van der Waals surface area contributed by atoms with Crippen LogP contribution in [-0.4, -0.2) is 17.1 Å². The third-order valence-electron chi connectivity index (χ3n) is 2.47. The first-order valence-corrected chi connectivity index (χ1v) is 5.41. The van der Waals surface area contributed by atoms with Crippen LogP contribution in [0.2, 0.25) is 0 Å². The van der Waals surface area contributed by atoms with Crippen LogP contribution in [0.5, 0.6) is 5.75 Å². The monoisotopic (exact) mass is 249 g/mol. The average Bonchev–Trinajstić information content (AvgIpc) is 2.92. The molecule has 0 aliphatic carbocycles. The Labute approximate surface area is 104 Å². The molecule has 0 fully saturated rings. The minimum atomic E-state index is -0.0468. The number of hydrogen-bond acceptors (Lipinski definition) is 7. The number of methoxy groups -OCH3 is 1. The number of hydrogen-bond donors (Lipinski definition) is 3. The Balaban J connectivity index is 2.23. The Bertz CT molecular complexity index is 500. The van der Waals surface area contributed by atoms with Crippen LogP contribution in [0.15, 0.2) is 29.1 Å². The molecule has 0 bridgehead atoms. The number of furan rings is 1. The normalized spacial score (nSPS) is 11.9. The van der Waals surface area contributed by atoms with Crippen LogP contribution in [0.1, 0.15) is 18.7 Å². The van der Waals surface area contributed by atoms with Gasteiger partial charge in [-0.1, -0.05) is 0 Å². The molecule has 0 aliphatic rings. The van der Waals surface area contributed by atoms with Gasteiger partial charge in [0.05, 0.1) is 19.4 Å². The molecule has 0 aromatic carbocycles. The quantitative estimate of drug-likeness (QED) is 0.546. The van der Waals surface area contributed by atoms with Gasteiger partial charge >= 0.3 is 0 Å². The summed E-state index contributed by atoms with van der Waals surface area (Å²) in [7, 11) is 1.53. The predicted octanol–water partition coefficient (Wildman–Crippen LogP) is 1.54. The molecule has 2 aromatic rings. The second-order valence-corrected chi connectivity index (χ2v) is 3.63. The highest BCUT2D eigenvalue weighted by molar-refractivity contribution is 5.63. The summed E-state index contributed by atoms with van der Waals surface area (Å²) in [4.78, 5) is 8.09. The molecule has 0 saturated heterocycles. The van der Waals surface area contributed by atoms with Gasteiger partial charge in [-0.2, -0.15) is 0 Å². The second-order valence-electron chi connectivity index (χ2n) is 3.63. The van der Waals surface area contributed by atoms with Crippen LogP contribution in [0.4, 0.5) is 11.6 Å². The van der Waals surface area contributed by atoms with Crippen molar-refractivity contribution in [3.63, 3.8) is 0 Å². The SMILES string of the molecule is COc1c(NN)ncnc1NC(C)c1ccco1. The van der Waals surface area contributed by atoms with Crippen LogP contribution < -0.4 is 21.3 Å². The Morgan fingerprint density at radius 2 is 2.17 bits per heavy atom. The molecule has 7 heteroatoms. The van der Waals surface area contributed by atoms with Crippen molar-refractivity contribution >= 4 is 11.6 Å². The Morgan fingerprint density at radius 1 is 1.39 bits per heavy atom. The number of nitrogen functional groups attached to an aromatic ring is 1. The molecule has 0 aliphatic heterocycles. The fourth-order valence-corrected chi connectivity index (χ4v) is 1.59. The number of nitrogens with two attached hydrogens (primary N) is 1. The lowest BCUT2D eigenvalue weighted by Gasteiger charge is -2.15. The Hall–Kier alpha value is -2.28. The van der Waals surface area contributed by atoms with Gasteiger partial charge in [-0.15, -0.1) is 0 Å². The molecule has 0 saturated carbocycles. The summed E-state index contributed by atoms with van der Waals surface area (Å²) in [6.07, 6.45) is 3.02. The maximum atomic E-state index is 5.35. The van der Waals surface area contributed by atoms with Crippen molar-refractivity contribution < 1.29 is 9.15 Å². The number of ether oxygens (including phenoxy) is 1. The van der Waals surface area contributed by atoms with Gasteiger partial charge in [0.2, 0.25) is 5.75 Å². The molecule has 1 unspecified atom stereocenters. The summed E-state index contributed by atoms with van der Waals surface area (Å²) < 4.78 is 10.5. The summed E-state index contributed by atoms with van der Waals surface area (Å²) in [5.74, 6) is 7.58. The number of hydrazine groups is 1. The third kappa shape index (κ3) is 2.35. The average molecular weight is 249 g/mol. The highest BCUT2D eigenvalue weighted by Gasteiger charge is 2.15. The van der Waals surface area contributed by atoms with Crippen molar-refractivity contribution in [1.29, 1.82) is 0 Å². The fourth-order valence-electron chi connectivity index (χ4n) is 1.59. The summed E-state index contributed by atoms with van der Waals surface area (Å²) >= 11 is 0. The number of anilines is 2. The summed E-state index contributed by atoms with van der Waals surface area (Å²) in [5.41, 5.74) is 2.46. The molecule has 18 heavy (non-hydrogen) atoms.